The zero-order valence-electron chi connectivity index (χ0n) is 10.7. The van der Waals surface area contributed by atoms with Gasteiger partial charge in [-0.2, -0.15) is 0 Å². The molecule has 2 nitrogen and oxygen atoms in total. The lowest BCUT2D eigenvalue weighted by Crippen LogP contribution is -2.53. The van der Waals surface area contributed by atoms with E-state index in [1.54, 1.807) is 0 Å². The zero-order valence-corrected chi connectivity index (χ0v) is 10.7. The highest BCUT2D eigenvalue weighted by atomic mass is 15.3. The fourth-order valence-corrected chi connectivity index (χ4v) is 3.97. The normalized spacial score (nSPS) is 34.7. The minimum absolute atomic E-state index is 0.723. The van der Waals surface area contributed by atoms with E-state index in [0.717, 1.165) is 11.5 Å². The van der Waals surface area contributed by atoms with Crippen molar-refractivity contribution in [1.29, 1.82) is 0 Å². The van der Waals surface area contributed by atoms with Crippen LogP contribution in [-0.4, -0.2) is 48.6 Å². The summed E-state index contributed by atoms with van der Waals surface area (Å²) in [6.07, 6.45) is 8.77. The Kier molecular flexibility index (Phi) is 2.97. The molecule has 1 saturated carbocycles. The van der Waals surface area contributed by atoms with Crippen molar-refractivity contribution in [1.82, 2.24) is 9.80 Å². The third kappa shape index (κ3) is 1.91. The lowest BCUT2D eigenvalue weighted by atomic mass is 9.66. The van der Waals surface area contributed by atoms with E-state index < -0.39 is 0 Å². The van der Waals surface area contributed by atoms with Crippen LogP contribution in [0.3, 0.4) is 0 Å². The lowest BCUT2D eigenvalue weighted by molar-refractivity contribution is 0.0232. The molecule has 0 amide bonds. The molecule has 1 atom stereocenters. The number of hydrogen-bond donors (Lipinski definition) is 0. The van der Waals surface area contributed by atoms with Gasteiger partial charge in [0.05, 0.1) is 0 Å². The minimum atomic E-state index is 0.723. The second kappa shape index (κ2) is 4.30. The van der Waals surface area contributed by atoms with Gasteiger partial charge >= 0.3 is 0 Å². The van der Waals surface area contributed by atoms with Gasteiger partial charge in [-0.25, -0.2) is 0 Å². The van der Waals surface area contributed by atoms with Gasteiger partial charge in [0.15, 0.2) is 0 Å². The first kappa shape index (κ1) is 11.0. The van der Waals surface area contributed by atoms with Crippen LogP contribution >= 0.6 is 0 Å². The van der Waals surface area contributed by atoms with Gasteiger partial charge in [-0.05, 0) is 44.1 Å². The van der Waals surface area contributed by atoms with Crippen molar-refractivity contribution in [3.8, 4) is 0 Å². The van der Waals surface area contributed by atoms with Crippen LogP contribution in [0, 0.1) is 5.41 Å². The molecule has 1 aliphatic carbocycles. The Morgan fingerprint density at radius 3 is 2.69 bits per heavy atom. The van der Waals surface area contributed by atoms with Gasteiger partial charge in [-0.3, -0.25) is 9.80 Å². The Morgan fingerprint density at radius 1 is 1.12 bits per heavy atom. The Morgan fingerprint density at radius 2 is 2.00 bits per heavy atom. The Hall–Kier alpha value is -0.0800. The van der Waals surface area contributed by atoms with Crippen molar-refractivity contribution in [2.75, 3.05) is 32.7 Å². The summed E-state index contributed by atoms with van der Waals surface area (Å²) in [6, 6.07) is 0.905. The average Bonchev–Trinajstić information content (AvgIpc) is 2.70. The van der Waals surface area contributed by atoms with Crippen LogP contribution in [0.15, 0.2) is 0 Å². The highest BCUT2D eigenvalue weighted by molar-refractivity contribution is 4.93. The molecule has 92 valence electrons. The maximum Gasteiger partial charge on any atom is 0.0224 e. The first-order chi connectivity index (χ1) is 7.81. The largest absolute Gasteiger partial charge is 0.300 e. The molecule has 0 radical (unpaired) electrons. The smallest absolute Gasteiger partial charge is 0.0224 e. The third-order valence-electron chi connectivity index (χ3n) is 5.39. The van der Waals surface area contributed by atoms with Crippen molar-refractivity contribution in [2.45, 2.75) is 51.5 Å². The summed E-state index contributed by atoms with van der Waals surface area (Å²) in [5.74, 6) is 0. The summed E-state index contributed by atoms with van der Waals surface area (Å²) < 4.78 is 0. The molecule has 0 spiro atoms. The van der Waals surface area contributed by atoms with Crippen LogP contribution in [0.5, 0.6) is 0 Å². The summed E-state index contributed by atoms with van der Waals surface area (Å²) >= 11 is 0. The summed E-state index contributed by atoms with van der Waals surface area (Å²) in [6.45, 7) is 9.20. The molecule has 3 rings (SSSR count). The summed E-state index contributed by atoms with van der Waals surface area (Å²) in [7, 11) is 0. The molecular formula is C14H26N2. The molecule has 2 aliphatic heterocycles. The minimum Gasteiger partial charge on any atom is -0.300 e. The molecule has 2 saturated heterocycles. The van der Waals surface area contributed by atoms with E-state index in [-0.39, 0.29) is 0 Å². The maximum absolute atomic E-state index is 2.77. The molecule has 0 bridgehead atoms. The fourth-order valence-electron chi connectivity index (χ4n) is 3.97. The van der Waals surface area contributed by atoms with Crippen LogP contribution in [-0.2, 0) is 0 Å². The molecular weight excluding hydrogens is 196 g/mol. The standard InChI is InChI=1S/C14H26N2/c1-2-14(6-4-7-14)12-15-9-10-16-8-3-5-13(16)11-15/h13H,2-12H2,1H3. The number of piperazine rings is 1. The topological polar surface area (TPSA) is 6.48 Å². The van der Waals surface area contributed by atoms with Crippen LogP contribution < -0.4 is 0 Å². The van der Waals surface area contributed by atoms with E-state index >= 15 is 0 Å². The molecule has 2 heterocycles. The molecule has 0 aromatic carbocycles. The van der Waals surface area contributed by atoms with Gasteiger partial charge in [0, 0.05) is 32.2 Å². The van der Waals surface area contributed by atoms with E-state index in [1.807, 2.05) is 0 Å². The number of rotatable bonds is 3. The van der Waals surface area contributed by atoms with Gasteiger partial charge < -0.3 is 0 Å². The highest BCUT2D eigenvalue weighted by Crippen LogP contribution is 2.44. The molecule has 3 aliphatic rings. The number of fused-ring (bicyclic) bond motifs is 1. The van der Waals surface area contributed by atoms with Crippen LogP contribution in [0.25, 0.3) is 0 Å². The van der Waals surface area contributed by atoms with Gasteiger partial charge in [0.25, 0.3) is 0 Å². The van der Waals surface area contributed by atoms with Crippen molar-refractivity contribution < 1.29 is 0 Å². The number of nitrogens with zero attached hydrogens (tertiary/aromatic N) is 2. The summed E-state index contributed by atoms with van der Waals surface area (Å²) in [4.78, 5) is 5.49. The van der Waals surface area contributed by atoms with Gasteiger partial charge in [-0.1, -0.05) is 13.3 Å². The van der Waals surface area contributed by atoms with Crippen LogP contribution in [0.2, 0.25) is 0 Å². The molecule has 16 heavy (non-hydrogen) atoms. The maximum atomic E-state index is 2.77. The van der Waals surface area contributed by atoms with E-state index in [0.29, 0.717) is 0 Å². The molecule has 1 unspecified atom stereocenters. The van der Waals surface area contributed by atoms with Gasteiger partial charge in [0.1, 0.15) is 0 Å². The second-order valence-corrected chi connectivity index (χ2v) is 6.27. The van der Waals surface area contributed by atoms with Crippen molar-refractivity contribution >= 4 is 0 Å². The van der Waals surface area contributed by atoms with E-state index in [9.17, 15) is 0 Å². The van der Waals surface area contributed by atoms with Gasteiger partial charge in [-0.15, -0.1) is 0 Å². The van der Waals surface area contributed by atoms with Crippen LogP contribution in [0.1, 0.15) is 45.4 Å². The quantitative estimate of drug-likeness (QED) is 0.723. The molecule has 0 aromatic heterocycles. The number of hydrogen-bond acceptors (Lipinski definition) is 2. The van der Waals surface area contributed by atoms with Crippen LogP contribution in [0.4, 0.5) is 0 Å². The molecule has 0 N–H and O–H groups in total. The van der Waals surface area contributed by atoms with Crippen molar-refractivity contribution in [2.24, 2.45) is 5.41 Å². The molecule has 2 heteroatoms. The first-order valence-electron chi connectivity index (χ1n) is 7.28. The SMILES string of the molecule is CCC1(CN2CCN3CCCC3C2)CCC1. The Bertz CT molecular complexity index is 242. The lowest BCUT2D eigenvalue weighted by Gasteiger charge is -2.47. The second-order valence-electron chi connectivity index (χ2n) is 6.27. The Labute approximate surface area is 100.0 Å². The summed E-state index contributed by atoms with van der Waals surface area (Å²) in [5, 5.41) is 0. The third-order valence-corrected chi connectivity index (χ3v) is 5.39. The van der Waals surface area contributed by atoms with E-state index in [2.05, 4.69) is 16.7 Å². The zero-order chi connectivity index (χ0) is 11.0. The predicted molar refractivity (Wildman–Crippen MR) is 67.6 cm³/mol. The van der Waals surface area contributed by atoms with E-state index in [4.69, 9.17) is 0 Å². The monoisotopic (exact) mass is 222 g/mol. The fraction of sp³-hybridized carbons (Fsp3) is 1.00. The van der Waals surface area contributed by atoms with Crippen molar-refractivity contribution in [3.05, 3.63) is 0 Å². The predicted octanol–water partition coefficient (Wildman–Crippen LogP) is 2.35. The molecule has 3 fully saturated rings. The van der Waals surface area contributed by atoms with E-state index in [1.165, 1.54) is 71.2 Å². The summed E-state index contributed by atoms with van der Waals surface area (Å²) in [5.41, 5.74) is 0.723. The molecule has 0 aromatic rings. The first-order valence-corrected chi connectivity index (χ1v) is 7.28. The Balaban J connectivity index is 1.56. The van der Waals surface area contributed by atoms with Gasteiger partial charge in [0.2, 0.25) is 0 Å². The highest BCUT2D eigenvalue weighted by Gasteiger charge is 2.39. The van der Waals surface area contributed by atoms with Crippen molar-refractivity contribution in [3.63, 3.8) is 0 Å². The average molecular weight is 222 g/mol.